The molecule has 0 aliphatic carbocycles. The van der Waals surface area contributed by atoms with Crippen LogP contribution in [0, 0.1) is 5.82 Å². The van der Waals surface area contributed by atoms with E-state index in [-0.39, 0.29) is 17.9 Å². The number of benzene rings is 1. The molecule has 1 aromatic carbocycles. The SMILES string of the molecule is CCC(N)C(c1cccc(F)c1)N(C)C1CCOCC1. The molecule has 2 rings (SSSR count). The van der Waals surface area contributed by atoms with Gasteiger partial charge >= 0.3 is 0 Å². The summed E-state index contributed by atoms with van der Waals surface area (Å²) in [4.78, 5) is 2.31. The zero-order valence-electron chi connectivity index (χ0n) is 12.4. The lowest BCUT2D eigenvalue weighted by Gasteiger charge is -2.40. The summed E-state index contributed by atoms with van der Waals surface area (Å²) in [6.45, 7) is 3.67. The smallest absolute Gasteiger partial charge is 0.123 e. The Morgan fingerprint density at radius 2 is 2.10 bits per heavy atom. The average molecular weight is 280 g/mol. The van der Waals surface area contributed by atoms with Crippen LogP contribution in [0.5, 0.6) is 0 Å². The van der Waals surface area contributed by atoms with E-state index in [2.05, 4.69) is 18.9 Å². The van der Waals surface area contributed by atoms with Crippen molar-refractivity contribution in [1.29, 1.82) is 0 Å². The van der Waals surface area contributed by atoms with Crippen molar-refractivity contribution < 1.29 is 9.13 Å². The van der Waals surface area contributed by atoms with Gasteiger partial charge in [0.2, 0.25) is 0 Å². The number of ether oxygens (including phenoxy) is 1. The fraction of sp³-hybridized carbons (Fsp3) is 0.625. The molecule has 1 saturated heterocycles. The van der Waals surface area contributed by atoms with Crippen molar-refractivity contribution in [2.75, 3.05) is 20.3 Å². The predicted octanol–water partition coefficient (Wildman–Crippen LogP) is 2.71. The van der Waals surface area contributed by atoms with Gasteiger partial charge < -0.3 is 10.5 Å². The summed E-state index contributed by atoms with van der Waals surface area (Å²) in [5.41, 5.74) is 7.28. The molecule has 0 amide bonds. The van der Waals surface area contributed by atoms with Crippen LogP contribution < -0.4 is 5.73 Å². The van der Waals surface area contributed by atoms with Crippen molar-refractivity contribution in [2.24, 2.45) is 5.73 Å². The summed E-state index contributed by atoms with van der Waals surface area (Å²) in [5.74, 6) is -0.198. The summed E-state index contributed by atoms with van der Waals surface area (Å²) in [7, 11) is 2.10. The molecule has 1 aromatic rings. The topological polar surface area (TPSA) is 38.5 Å². The maximum atomic E-state index is 13.5. The molecule has 0 spiro atoms. The summed E-state index contributed by atoms with van der Waals surface area (Å²) in [6.07, 6.45) is 2.90. The number of nitrogens with zero attached hydrogens (tertiary/aromatic N) is 1. The first kappa shape index (κ1) is 15.4. The monoisotopic (exact) mass is 280 g/mol. The van der Waals surface area contributed by atoms with Crippen LogP contribution in [-0.2, 0) is 4.74 Å². The van der Waals surface area contributed by atoms with Crippen LogP contribution in [0.15, 0.2) is 24.3 Å². The van der Waals surface area contributed by atoms with Crippen LogP contribution >= 0.6 is 0 Å². The van der Waals surface area contributed by atoms with Crippen molar-refractivity contribution in [2.45, 2.75) is 44.3 Å². The van der Waals surface area contributed by atoms with Crippen LogP contribution in [0.4, 0.5) is 4.39 Å². The largest absolute Gasteiger partial charge is 0.381 e. The Labute approximate surface area is 120 Å². The summed E-state index contributed by atoms with van der Waals surface area (Å²) >= 11 is 0. The minimum Gasteiger partial charge on any atom is -0.381 e. The van der Waals surface area contributed by atoms with E-state index in [1.54, 1.807) is 12.1 Å². The van der Waals surface area contributed by atoms with Gasteiger partial charge in [-0.2, -0.15) is 0 Å². The second-order valence-corrected chi connectivity index (χ2v) is 5.58. The molecule has 2 unspecified atom stereocenters. The van der Waals surface area contributed by atoms with Crippen molar-refractivity contribution >= 4 is 0 Å². The number of rotatable bonds is 5. The Kier molecular flexibility index (Phi) is 5.52. The fourth-order valence-corrected chi connectivity index (χ4v) is 3.02. The Bertz CT molecular complexity index is 421. The van der Waals surface area contributed by atoms with Crippen molar-refractivity contribution in [3.63, 3.8) is 0 Å². The van der Waals surface area contributed by atoms with E-state index < -0.39 is 0 Å². The first-order valence-corrected chi connectivity index (χ1v) is 7.44. The van der Waals surface area contributed by atoms with Crippen molar-refractivity contribution in [3.8, 4) is 0 Å². The molecule has 0 radical (unpaired) electrons. The van der Waals surface area contributed by atoms with Crippen LogP contribution in [0.2, 0.25) is 0 Å². The minimum atomic E-state index is -0.198. The second kappa shape index (κ2) is 7.16. The fourth-order valence-electron chi connectivity index (χ4n) is 3.02. The number of nitrogens with two attached hydrogens (primary N) is 1. The Balaban J connectivity index is 2.22. The molecule has 112 valence electrons. The Morgan fingerprint density at radius 1 is 1.40 bits per heavy atom. The molecular weight excluding hydrogens is 255 g/mol. The second-order valence-electron chi connectivity index (χ2n) is 5.58. The van der Waals surface area contributed by atoms with E-state index >= 15 is 0 Å². The molecule has 2 N–H and O–H groups in total. The Morgan fingerprint density at radius 3 is 2.70 bits per heavy atom. The number of hydrogen-bond donors (Lipinski definition) is 1. The Hall–Kier alpha value is -0.970. The van der Waals surface area contributed by atoms with Crippen LogP contribution in [0.1, 0.15) is 37.8 Å². The van der Waals surface area contributed by atoms with Gasteiger partial charge in [-0.05, 0) is 44.0 Å². The quantitative estimate of drug-likeness (QED) is 0.901. The molecule has 2 atom stereocenters. The van der Waals surface area contributed by atoms with Gasteiger partial charge in [0, 0.05) is 31.3 Å². The van der Waals surface area contributed by atoms with Crippen LogP contribution in [-0.4, -0.2) is 37.2 Å². The zero-order valence-corrected chi connectivity index (χ0v) is 12.4. The third-order valence-corrected chi connectivity index (χ3v) is 4.27. The van der Waals surface area contributed by atoms with Gasteiger partial charge in [-0.15, -0.1) is 0 Å². The van der Waals surface area contributed by atoms with Gasteiger partial charge in [0.05, 0.1) is 0 Å². The molecule has 1 fully saturated rings. The van der Waals surface area contributed by atoms with Gasteiger partial charge in [-0.3, -0.25) is 4.90 Å². The average Bonchev–Trinajstić information content (AvgIpc) is 2.48. The van der Waals surface area contributed by atoms with Crippen LogP contribution in [0.25, 0.3) is 0 Å². The minimum absolute atomic E-state index is 0.00430. The molecule has 4 heteroatoms. The number of halogens is 1. The van der Waals surface area contributed by atoms with E-state index in [0.717, 1.165) is 38.0 Å². The van der Waals surface area contributed by atoms with Gasteiger partial charge in [0.25, 0.3) is 0 Å². The molecule has 0 aromatic heterocycles. The summed E-state index contributed by atoms with van der Waals surface area (Å²) < 4.78 is 18.9. The molecule has 0 saturated carbocycles. The number of hydrogen-bond acceptors (Lipinski definition) is 3. The highest BCUT2D eigenvalue weighted by molar-refractivity contribution is 5.22. The van der Waals surface area contributed by atoms with E-state index in [1.165, 1.54) is 6.07 Å². The molecule has 1 aliphatic rings. The molecule has 0 bridgehead atoms. The third kappa shape index (κ3) is 3.57. The molecule has 1 heterocycles. The van der Waals surface area contributed by atoms with Crippen LogP contribution in [0.3, 0.4) is 0 Å². The summed E-state index contributed by atoms with van der Waals surface area (Å²) in [5, 5.41) is 0. The van der Waals surface area contributed by atoms with Gasteiger partial charge in [0.15, 0.2) is 0 Å². The first-order chi connectivity index (χ1) is 9.63. The first-order valence-electron chi connectivity index (χ1n) is 7.44. The number of likely N-dealkylation sites (N-methyl/N-ethyl adjacent to an activating group) is 1. The highest BCUT2D eigenvalue weighted by Crippen LogP contribution is 2.29. The lowest BCUT2D eigenvalue weighted by molar-refractivity contribution is 0.0233. The highest BCUT2D eigenvalue weighted by atomic mass is 19.1. The third-order valence-electron chi connectivity index (χ3n) is 4.27. The lowest BCUT2D eigenvalue weighted by atomic mass is 9.93. The normalized spacial score (nSPS) is 20.1. The zero-order chi connectivity index (χ0) is 14.5. The molecule has 3 nitrogen and oxygen atoms in total. The van der Waals surface area contributed by atoms with E-state index in [0.29, 0.717) is 6.04 Å². The van der Waals surface area contributed by atoms with Crippen molar-refractivity contribution in [3.05, 3.63) is 35.6 Å². The molecule has 20 heavy (non-hydrogen) atoms. The standard InChI is InChI=1S/C16H25FN2O/c1-3-15(18)16(12-5-4-6-13(17)11-12)19(2)14-7-9-20-10-8-14/h4-6,11,14-16H,3,7-10,18H2,1-2H3. The lowest BCUT2D eigenvalue weighted by Crippen LogP contribution is -2.45. The summed E-state index contributed by atoms with van der Waals surface area (Å²) in [6, 6.07) is 7.33. The maximum absolute atomic E-state index is 13.5. The van der Waals surface area contributed by atoms with E-state index in [1.807, 2.05) is 6.07 Å². The van der Waals surface area contributed by atoms with E-state index in [4.69, 9.17) is 10.5 Å². The predicted molar refractivity (Wildman–Crippen MR) is 79.0 cm³/mol. The van der Waals surface area contributed by atoms with Gasteiger partial charge in [-0.25, -0.2) is 4.39 Å². The van der Waals surface area contributed by atoms with Gasteiger partial charge in [-0.1, -0.05) is 19.1 Å². The maximum Gasteiger partial charge on any atom is 0.123 e. The highest BCUT2D eigenvalue weighted by Gasteiger charge is 2.29. The van der Waals surface area contributed by atoms with Gasteiger partial charge in [0.1, 0.15) is 5.82 Å². The molecule has 1 aliphatic heterocycles. The van der Waals surface area contributed by atoms with Crippen molar-refractivity contribution in [1.82, 2.24) is 4.90 Å². The molecular formula is C16H25FN2O. The van der Waals surface area contributed by atoms with E-state index in [9.17, 15) is 4.39 Å².